The Labute approximate surface area is 216 Å². The van der Waals surface area contributed by atoms with E-state index in [0.29, 0.717) is 22.7 Å². The third kappa shape index (κ3) is 5.17. The van der Waals surface area contributed by atoms with Crippen LogP contribution < -0.4 is 4.74 Å². The molecule has 0 atom stereocenters. The van der Waals surface area contributed by atoms with Crippen LogP contribution >= 0.6 is 0 Å². The maximum absolute atomic E-state index is 14.6. The second-order valence-corrected chi connectivity index (χ2v) is 8.51. The molecular weight excluding hydrogens is 495 g/mol. The highest BCUT2D eigenvalue weighted by Crippen LogP contribution is 2.33. The number of para-hydroxylation sites is 1. The molecule has 5 rings (SSSR count). The van der Waals surface area contributed by atoms with Crippen LogP contribution in [0.5, 0.6) is 11.6 Å². The van der Waals surface area contributed by atoms with Gasteiger partial charge in [0.15, 0.2) is 11.6 Å². The first-order chi connectivity index (χ1) is 18.4. The minimum absolute atomic E-state index is 0.0282. The largest absolute Gasteiger partial charge is 0.467 e. The molecule has 0 saturated heterocycles. The minimum Gasteiger partial charge on any atom is -0.467 e. The number of nitrogens with zero attached hydrogens (tertiary/aromatic N) is 3. The second-order valence-electron chi connectivity index (χ2n) is 8.51. The Kier molecular flexibility index (Phi) is 6.99. The topological polar surface area (TPSA) is 60.5 Å². The molecule has 0 aliphatic carbocycles. The molecule has 0 radical (unpaired) electrons. The number of halogens is 3. The van der Waals surface area contributed by atoms with Gasteiger partial charge in [0, 0.05) is 6.07 Å². The Balaban J connectivity index is 1.60. The summed E-state index contributed by atoms with van der Waals surface area (Å²) in [4.78, 5) is 14.9. The fourth-order valence-electron chi connectivity index (χ4n) is 4.02. The van der Waals surface area contributed by atoms with E-state index >= 15 is 0 Å². The van der Waals surface area contributed by atoms with Crippen LogP contribution in [-0.2, 0) is 13.1 Å². The van der Waals surface area contributed by atoms with Crippen LogP contribution in [-0.4, -0.2) is 20.6 Å². The van der Waals surface area contributed by atoms with E-state index in [4.69, 9.17) is 9.15 Å². The molecule has 6 nitrogen and oxygen atoms in total. The van der Waals surface area contributed by atoms with E-state index < -0.39 is 23.4 Å². The number of aryl methyl sites for hydroxylation is 1. The molecule has 0 bridgehead atoms. The van der Waals surface area contributed by atoms with E-state index in [0.717, 1.165) is 12.1 Å². The van der Waals surface area contributed by atoms with Crippen LogP contribution in [0, 0.1) is 24.4 Å². The highest BCUT2D eigenvalue weighted by Gasteiger charge is 2.27. The number of ether oxygens (including phenoxy) is 1. The lowest BCUT2D eigenvalue weighted by Crippen LogP contribution is -2.31. The Morgan fingerprint density at radius 3 is 2.39 bits per heavy atom. The summed E-state index contributed by atoms with van der Waals surface area (Å²) in [5.74, 6) is -2.50. The van der Waals surface area contributed by atoms with Crippen LogP contribution in [0.3, 0.4) is 0 Å². The highest BCUT2D eigenvalue weighted by atomic mass is 19.1. The van der Waals surface area contributed by atoms with E-state index in [1.165, 1.54) is 40.1 Å². The zero-order valence-electron chi connectivity index (χ0n) is 20.3. The first-order valence-corrected chi connectivity index (χ1v) is 11.7. The Morgan fingerprint density at radius 1 is 0.921 bits per heavy atom. The van der Waals surface area contributed by atoms with Crippen molar-refractivity contribution in [3.05, 3.63) is 131 Å². The molecule has 3 aromatic carbocycles. The molecule has 0 spiro atoms. The Hall–Kier alpha value is -4.79. The molecule has 0 aliphatic heterocycles. The maximum atomic E-state index is 14.6. The molecule has 38 heavy (non-hydrogen) atoms. The molecule has 0 fully saturated rings. The van der Waals surface area contributed by atoms with Crippen molar-refractivity contribution in [1.29, 1.82) is 0 Å². The van der Waals surface area contributed by atoms with Crippen LogP contribution in [0.2, 0.25) is 0 Å². The predicted octanol–water partition coefficient (Wildman–Crippen LogP) is 6.83. The number of carbonyl (C=O) groups is 1. The normalized spacial score (nSPS) is 10.9. The molecule has 2 aromatic heterocycles. The average molecular weight is 518 g/mol. The highest BCUT2D eigenvalue weighted by molar-refractivity contribution is 5.94. The summed E-state index contributed by atoms with van der Waals surface area (Å²) in [6.45, 7) is 1.69. The second kappa shape index (κ2) is 10.7. The zero-order valence-corrected chi connectivity index (χ0v) is 20.3. The van der Waals surface area contributed by atoms with E-state index in [-0.39, 0.29) is 30.3 Å². The van der Waals surface area contributed by atoms with Gasteiger partial charge in [-0.2, -0.15) is 5.10 Å². The minimum atomic E-state index is -0.899. The van der Waals surface area contributed by atoms with Crippen molar-refractivity contribution >= 4 is 5.91 Å². The van der Waals surface area contributed by atoms with Gasteiger partial charge in [-0.05, 0) is 55.5 Å². The van der Waals surface area contributed by atoms with Crippen LogP contribution in [0.4, 0.5) is 13.2 Å². The average Bonchev–Trinajstić information content (AvgIpc) is 3.54. The monoisotopic (exact) mass is 517 g/mol. The molecule has 2 heterocycles. The van der Waals surface area contributed by atoms with Gasteiger partial charge < -0.3 is 14.1 Å². The molecular formula is C29H22F3N3O3. The van der Waals surface area contributed by atoms with Crippen LogP contribution in [0.1, 0.15) is 27.4 Å². The van der Waals surface area contributed by atoms with Crippen molar-refractivity contribution in [2.75, 3.05) is 0 Å². The Bertz CT molecular complexity index is 1570. The molecule has 5 aromatic rings. The van der Waals surface area contributed by atoms with E-state index in [2.05, 4.69) is 5.10 Å². The van der Waals surface area contributed by atoms with E-state index in [1.54, 1.807) is 49.4 Å². The summed E-state index contributed by atoms with van der Waals surface area (Å²) >= 11 is 0. The maximum Gasteiger partial charge on any atom is 0.257 e. The van der Waals surface area contributed by atoms with Gasteiger partial charge in [0.05, 0.1) is 41.9 Å². The molecule has 0 aliphatic rings. The molecule has 192 valence electrons. The smallest absolute Gasteiger partial charge is 0.257 e. The molecule has 0 saturated carbocycles. The van der Waals surface area contributed by atoms with Gasteiger partial charge in [-0.15, -0.1) is 0 Å². The van der Waals surface area contributed by atoms with Crippen molar-refractivity contribution < 1.29 is 27.1 Å². The number of amides is 1. The number of rotatable bonds is 8. The third-order valence-electron chi connectivity index (χ3n) is 5.91. The number of hydrogen-bond donors (Lipinski definition) is 0. The van der Waals surface area contributed by atoms with Crippen molar-refractivity contribution in [3.8, 4) is 17.3 Å². The van der Waals surface area contributed by atoms with E-state index in [1.807, 2.05) is 6.07 Å². The lowest BCUT2D eigenvalue weighted by molar-refractivity contribution is 0.0711. The van der Waals surface area contributed by atoms with Gasteiger partial charge in [-0.25, -0.2) is 17.9 Å². The summed E-state index contributed by atoms with van der Waals surface area (Å²) in [5, 5.41) is 4.58. The molecule has 0 unspecified atom stereocenters. The number of furan rings is 1. The first kappa shape index (κ1) is 24.9. The SMILES string of the molecule is Cc1nn(-c2ccccc2)c(Oc2ccc(F)cc2F)c1CN(Cc1ccco1)C(=O)c1ccccc1F. The van der Waals surface area contributed by atoms with Gasteiger partial charge in [0.2, 0.25) is 5.88 Å². The molecule has 1 amide bonds. The van der Waals surface area contributed by atoms with Crippen molar-refractivity contribution in [2.45, 2.75) is 20.0 Å². The molecule has 9 heteroatoms. The van der Waals surface area contributed by atoms with Gasteiger partial charge in [-0.1, -0.05) is 30.3 Å². The summed E-state index contributed by atoms with van der Waals surface area (Å²) in [6.07, 6.45) is 1.48. The quantitative estimate of drug-likeness (QED) is 0.227. The summed E-state index contributed by atoms with van der Waals surface area (Å²) in [6, 6.07) is 21.1. The lowest BCUT2D eigenvalue weighted by Gasteiger charge is -2.23. The fraction of sp³-hybridized carbons (Fsp3) is 0.103. The number of carbonyl (C=O) groups excluding carboxylic acids is 1. The van der Waals surface area contributed by atoms with Gasteiger partial charge in [0.1, 0.15) is 17.4 Å². The van der Waals surface area contributed by atoms with Crippen LogP contribution in [0.25, 0.3) is 5.69 Å². The third-order valence-corrected chi connectivity index (χ3v) is 5.91. The van der Waals surface area contributed by atoms with Crippen molar-refractivity contribution in [2.24, 2.45) is 0 Å². The predicted molar refractivity (Wildman–Crippen MR) is 133 cm³/mol. The van der Waals surface area contributed by atoms with Crippen LogP contribution in [0.15, 0.2) is 95.6 Å². The zero-order chi connectivity index (χ0) is 26.6. The number of benzene rings is 3. The van der Waals surface area contributed by atoms with E-state index in [9.17, 15) is 18.0 Å². The standard InChI is InChI=1S/C29H22F3N3O3/c1-19-24(18-34(17-22-10-7-15-37-22)28(36)23-11-5-6-12-25(23)31)29(35(33-19)21-8-3-2-4-9-21)38-27-14-13-20(30)16-26(27)32/h2-16H,17-18H2,1H3. The number of hydrogen-bond acceptors (Lipinski definition) is 4. The first-order valence-electron chi connectivity index (χ1n) is 11.7. The molecule has 0 N–H and O–H groups in total. The van der Waals surface area contributed by atoms with Gasteiger partial charge in [0.25, 0.3) is 5.91 Å². The Morgan fingerprint density at radius 2 is 1.68 bits per heavy atom. The van der Waals surface area contributed by atoms with Gasteiger partial charge in [-0.3, -0.25) is 4.79 Å². The summed E-state index contributed by atoms with van der Waals surface area (Å²) in [5.41, 5.74) is 1.46. The lowest BCUT2D eigenvalue weighted by atomic mass is 10.1. The van der Waals surface area contributed by atoms with Gasteiger partial charge >= 0.3 is 0 Å². The van der Waals surface area contributed by atoms with Crippen molar-refractivity contribution in [3.63, 3.8) is 0 Å². The summed E-state index contributed by atoms with van der Waals surface area (Å²) in [7, 11) is 0. The summed E-state index contributed by atoms with van der Waals surface area (Å²) < 4.78 is 55.6. The fourth-order valence-corrected chi connectivity index (χ4v) is 4.02. The number of aromatic nitrogens is 2. The van der Waals surface area contributed by atoms with Crippen molar-refractivity contribution in [1.82, 2.24) is 14.7 Å².